The van der Waals surface area contributed by atoms with Gasteiger partial charge in [0.2, 0.25) is 0 Å². The summed E-state index contributed by atoms with van der Waals surface area (Å²) in [4.78, 5) is 23.8. The van der Waals surface area contributed by atoms with Crippen molar-refractivity contribution in [2.45, 2.75) is 110 Å². The fraction of sp³-hybridized carbons (Fsp3) is 0.767. The standard InChI is InChI=1S/C30H54NO6P/c1-5-6-7-8-9-10-11-12-13-14-16-22-34-29-20-18-19-28(24-29)25-30(37-27(2)32)26-36-38(33)35-23-17-15-21-31(3)4/h18-20,24,30,33H,5-17,21-23,25-26H2,1-4H3. The van der Waals surface area contributed by atoms with Crippen LogP contribution in [0.25, 0.3) is 0 Å². The van der Waals surface area contributed by atoms with Crippen molar-refractivity contribution in [3.05, 3.63) is 29.8 Å². The van der Waals surface area contributed by atoms with Gasteiger partial charge in [0.1, 0.15) is 11.9 Å². The van der Waals surface area contributed by atoms with E-state index in [1.807, 2.05) is 38.4 Å². The summed E-state index contributed by atoms with van der Waals surface area (Å²) in [6, 6.07) is 7.87. The monoisotopic (exact) mass is 555 g/mol. The van der Waals surface area contributed by atoms with E-state index in [0.717, 1.165) is 37.1 Å². The number of hydrogen-bond donors (Lipinski definition) is 1. The summed E-state index contributed by atoms with van der Waals surface area (Å²) >= 11 is 0. The first-order valence-electron chi connectivity index (χ1n) is 14.7. The third-order valence-electron chi connectivity index (χ3n) is 6.28. The zero-order valence-electron chi connectivity index (χ0n) is 24.5. The van der Waals surface area contributed by atoms with Crippen molar-refractivity contribution in [1.29, 1.82) is 0 Å². The topological polar surface area (TPSA) is 77.5 Å². The number of ether oxygens (including phenoxy) is 2. The van der Waals surface area contributed by atoms with Gasteiger partial charge in [-0.15, -0.1) is 0 Å². The van der Waals surface area contributed by atoms with E-state index in [0.29, 0.717) is 19.6 Å². The molecule has 0 aliphatic carbocycles. The Labute approximate surface area is 233 Å². The van der Waals surface area contributed by atoms with Gasteiger partial charge in [-0.1, -0.05) is 83.3 Å². The van der Waals surface area contributed by atoms with E-state index in [9.17, 15) is 9.69 Å². The Morgan fingerprint density at radius 2 is 1.53 bits per heavy atom. The molecule has 1 aromatic rings. The molecule has 0 aromatic heterocycles. The molecule has 2 unspecified atom stereocenters. The maximum absolute atomic E-state index is 11.6. The van der Waals surface area contributed by atoms with E-state index < -0.39 is 14.7 Å². The van der Waals surface area contributed by atoms with Gasteiger partial charge < -0.3 is 28.3 Å². The van der Waals surface area contributed by atoms with E-state index in [2.05, 4.69) is 11.8 Å². The third kappa shape index (κ3) is 20.7. The zero-order valence-corrected chi connectivity index (χ0v) is 25.4. The smallest absolute Gasteiger partial charge is 0.329 e. The highest BCUT2D eigenvalue weighted by molar-refractivity contribution is 7.40. The summed E-state index contributed by atoms with van der Waals surface area (Å²) in [6.45, 7) is 5.83. The minimum absolute atomic E-state index is 0.0727. The number of hydrogen-bond acceptors (Lipinski definition) is 7. The van der Waals surface area contributed by atoms with Crippen molar-refractivity contribution in [3.8, 4) is 5.75 Å². The van der Waals surface area contributed by atoms with Crippen LogP contribution in [0.3, 0.4) is 0 Å². The molecule has 0 heterocycles. The van der Waals surface area contributed by atoms with Crippen LogP contribution >= 0.6 is 8.60 Å². The normalized spacial score (nSPS) is 13.0. The van der Waals surface area contributed by atoms with E-state index in [1.165, 1.54) is 71.1 Å². The molecule has 0 saturated heterocycles. The van der Waals surface area contributed by atoms with E-state index in [4.69, 9.17) is 18.5 Å². The van der Waals surface area contributed by atoms with Gasteiger partial charge >= 0.3 is 14.6 Å². The minimum atomic E-state index is -2.00. The molecule has 38 heavy (non-hydrogen) atoms. The summed E-state index contributed by atoms with van der Waals surface area (Å²) in [5, 5.41) is 0. The van der Waals surface area contributed by atoms with E-state index >= 15 is 0 Å². The van der Waals surface area contributed by atoms with Crippen LogP contribution < -0.4 is 4.74 Å². The molecule has 220 valence electrons. The van der Waals surface area contributed by atoms with Gasteiger partial charge in [-0.3, -0.25) is 4.79 Å². The fourth-order valence-corrected chi connectivity index (χ4v) is 4.86. The van der Waals surface area contributed by atoms with Crippen LogP contribution in [0.1, 0.15) is 103 Å². The highest BCUT2D eigenvalue weighted by atomic mass is 31.2. The van der Waals surface area contributed by atoms with Gasteiger partial charge in [0.15, 0.2) is 0 Å². The first kappa shape index (κ1) is 34.8. The van der Waals surface area contributed by atoms with Crippen molar-refractivity contribution in [2.75, 3.05) is 40.5 Å². The number of benzene rings is 1. The van der Waals surface area contributed by atoms with Crippen LogP contribution in [-0.2, 0) is 25.0 Å². The Hall–Kier alpha value is -1.24. The second-order valence-electron chi connectivity index (χ2n) is 10.3. The quantitative estimate of drug-likeness (QED) is 0.0763. The zero-order chi connectivity index (χ0) is 27.8. The van der Waals surface area contributed by atoms with Crippen LogP contribution in [0.15, 0.2) is 24.3 Å². The largest absolute Gasteiger partial charge is 0.494 e. The molecule has 0 spiro atoms. The van der Waals surface area contributed by atoms with Crippen molar-refractivity contribution in [1.82, 2.24) is 4.90 Å². The number of rotatable bonds is 25. The number of nitrogens with zero attached hydrogens (tertiary/aromatic N) is 1. The maximum atomic E-state index is 11.6. The van der Waals surface area contributed by atoms with Crippen LogP contribution in [-0.4, -0.2) is 62.3 Å². The molecule has 0 saturated carbocycles. The van der Waals surface area contributed by atoms with Crippen molar-refractivity contribution in [2.24, 2.45) is 0 Å². The van der Waals surface area contributed by atoms with E-state index in [1.54, 1.807) is 0 Å². The third-order valence-corrected chi connectivity index (χ3v) is 7.06. The molecule has 0 aliphatic rings. The Morgan fingerprint density at radius 3 is 2.16 bits per heavy atom. The lowest BCUT2D eigenvalue weighted by molar-refractivity contribution is -0.147. The lowest BCUT2D eigenvalue weighted by Gasteiger charge is -2.19. The average molecular weight is 556 g/mol. The molecule has 7 nitrogen and oxygen atoms in total. The van der Waals surface area contributed by atoms with Crippen LogP contribution in [0.5, 0.6) is 5.75 Å². The molecule has 1 N–H and O–H groups in total. The number of carbonyl (C=O) groups excluding carboxylic acids is 1. The first-order valence-corrected chi connectivity index (χ1v) is 15.8. The lowest BCUT2D eigenvalue weighted by atomic mass is 10.1. The second kappa shape index (κ2) is 23.6. The molecule has 2 atom stereocenters. The first-order chi connectivity index (χ1) is 18.4. The summed E-state index contributed by atoms with van der Waals surface area (Å²) in [7, 11) is 2.05. The molecule has 1 aromatic carbocycles. The van der Waals surface area contributed by atoms with Gasteiger partial charge in [-0.25, -0.2) is 0 Å². The molecular formula is C30H54NO6P. The summed E-state index contributed by atoms with van der Waals surface area (Å²) in [5.74, 6) is 0.442. The molecular weight excluding hydrogens is 501 g/mol. The molecule has 0 amide bonds. The molecule has 0 bridgehead atoms. The van der Waals surface area contributed by atoms with Crippen LogP contribution in [0.4, 0.5) is 0 Å². The van der Waals surface area contributed by atoms with Gasteiger partial charge in [0.25, 0.3) is 0 Å². The molecule has 0 aliphatic heterocycles. The van der Waals surface area contributed by atoms with Gasteiger partial charge in [-0.2, -0.15) is 0 Å². The Bertz CT molecular complexity index is 705. The number of carbonyl (C=O) groups is 1. The van der Waals surface area contributed by atoms with Crippen LogP contribution in [0.2, 0.25) is 0 Å². The van der Waals surface area contributed by atoms with E-state index in [-0.39, 0.29) is 12.6 Å². The predicted molar refractivity (Wildman–Crippen MR) is 156 cm³/mol. The summed E-state index contributed by atoms with van der Waals surface area (Å²) < 4.78 is 22.2. The predicted octanol–water partition coefficient (Wildman–Crippen LogP) is 7.44. The Morgan fingerprint density at radius 1 is 0.895 bits per heavy atom. The maximum Gasteiger partial charge on any atom is 0.329 e. The Kier molecular flexibility index (Phi) is 21.6. The second-order valence-corrected chi connectivity index (χ2v) is 11.3. The Balaban J connectivity index is 2.27. The minimum Gasteiger partial charge on any atom is -0.494 e. The van der Waals surface area contributed by atoms with Crippen LogP contribution in [0, 0.1) is 0 Å². The SMILES string of the molecule is CCCCCCCCCCCCCOc1cccc(CC(COP(O)OCCCCN(C)C)OC(C)=O)c1. The van der Waals surface area contributed by atoms with Gasteiger partial charge in [0, 0.05) is 13.3 Å². The molecule has 8 heteroatoms. The van der Waals surface area contributed by atoms with Gasteiger partial charge in [-0.05, 0) is 57.6 Å². The summed E-state index contributed by atoms with van der Waals surface area (Å²) in [5.41, 5.74) is 0.989. The van der Waals surface area contributed by atoms with Crippen molar-refractivity contribution < 1.29 is 28.2 Å². The van der Waals surface area contributed by atoms with Crippen molar-refractivity contribution >= 4 is 14.6 Å². The molecule has 1 rings (SSSR count). The summed E-state index contributed by atoms with van der Waals surface area (Å²) in [6.07, 6.45) is 16.2. The average Bonchev–Trinajstić information content (AvgIpc) is 2.87. The highest BCUT2D eigenvalue weighted by Crippen LogP contribution is 2.33. The van der Waals surface area contributed by atoms with Gasteiger partial charge in [0.05, 0.1) is 19.8 Å². The fourth-order valence-electron chi connectivity index (χ4n) is 4.21. The lowest BCUT2D eigenvalue weighted by Crippen LogP contribution is -2.24. The highest BCUT2D eigenvalue weighted by Gasteiger charge is 2.17. The molecule has 0 fully saturated rings. The number of unbranched alkanes of at least 4 members (excludes halogenated alkanes) is 11. The number of esters is 1. The van der Waals surface area contributed by atoms with Crippen molar-refractivity contribution in [3.63, 3.8) is 0 Å². The molecule has 0 radical (unpaired) electrons.